The van der Waals surface area contributed by atoms with Crippen LogP contribution < -0.4 is 0 Å². The van der Waals surface area contributed by atoms with Crippen molar-refractivity contribution in [3.8, 4) is 0 Å². The monoisotopic (exact) mass is 1490 g/mol. The van der Waals surface area contributed by atoms with Crippen LogP contribution >= 0.6 is 15.6 Å². The van der Waals surface area contributed by atoms with E-state index in [1.54, 1.807) is 0 Å². The maximum absolute atomic E-state index is 13.1. The second kappa shape index (κ2) is 75.9. The van der Waals surface area contributed by atoms with Crippen LogP contribution in [-0.4, -0.2) is 96.7 Å². The number of esters is 4. The first-order chi connectivity index (χ1) is 49.5. The molecule has 19 heteroatoms. The molecule has 3 N–H and O–H groups in total. The number of phosphoric ester groups is 2. The molecule has 606 valence electrons. The number of aliphatic hydroxyl groups excluding tert-OH is 1. The van der Waals surface area contributed by atoms with Crippen LogP contribution in [0.4, 0.5) is 0 Å². The molecule has 0 aromatic heterocycles. The van der Waals surface area contributed by atoms with Gasteiger partial charge in [0.05, 0.1) is 26.4 Å². The highest BCUT2D eigenvalue weighted by atomic mass is 31.2. The van der Waals surface area contributed by atoms with Crippen molar-refractivity contribution in [2.24, 2.45) is 5.92 Å². The molecular weight excluding hydrogens is 1330 g/mol. The van der Waals surface area contributed by atoms with E-state index in [2.05, 4.69) is 34.6 Å². The molecular formula is C83H162O17P2. The van der Waals surface area contributed by atoms with Gasteiger partial charge in [-0.25, -0.2) is 9.13 Å². The third kappa shape index (κ3) is 76.3. The minimum atomic E-state index is -4.96. The second-order valence-electron chi connectivity index (χ2n) is 30.3. The van der Waals surface area contributed by atoms with Crippen molar-refractivity contribution in [2.75, 3.05) is 39.6 Å². The van der Waals surface area contributed by atoms with Crippen molar-refractivity contribution >= 4 is 39.5 Å². The average Bonchev–Trinajstić information content (AvgIpc) is 0.950. The molecule has 0 rings (SSSR count). The molecule has 0 radical (unpaired) electrons. The van der Waals surface area contributed by atoms with Crippen LogP contribution in [0.1, 0.15) is 446 Å². The summed E-state index contributed by atoms with van der Waals surface area (Å²) in [5.74, 6) is -1.30. The summed E-state index contributed by atoms with van der Waals surface area (Å²) >= 11 is 0. The van der Waals surface area contributed by atoms with Crippen molar-refractivity contribution < 1.29 is 80.2 Å². The molecule has 0 bridgehead atoms. The molecule has 0 aromatic rings. The molecule has 0 amide bonds. The van der Waals surface area contributed by atoms with Gasteiger partial charge in [0.1, 0.15) is 19.3 Å². The number of hydrogen-bond acceptors (Lipinski definition) is 15. The SMILES string of the molecule is CCCCCCCCCCCCCCCCCCCCCC(=O)OC[C@H](COP(=O)(O)OC[C@@H](O)COP(=O)(O)OC[C@@H](COC(=O)CCCCCCC)OC(=O)CCCCCCCCCCCCCCCCCCC)OC(=O)CCCCCCCCCCCCCCCCCCCCC(C)C. The molecule has 0 saturated heterocycles. The molecule has 0 aliphatic carbocycles. The number of phosphoric acid groups is 2. The normalized spacial score (nSPS) is 13.8. The first-order valence-corrected chi connectivity index (χ1v) is 46.1. The van der Waals surface area contributed by atoms with E-state index in [0.29, 0.717) is 25.7 Å². The van der Waals surface area contributed by atoms with E-state index in [1.165, 1.54) is 263 Å². The average molecular weight is 1490 g/mol. The van der Waals surface area contributed by atoms with E-state index >= 15 is 0 Å². The van der Waals surface area contributed by atoms with Crippen molar-refractivity contribution in [3.63, 3.8) is 0 Å². The molecule has 0 aromatic carbocycles. The minimum absolute atomic E-state index is 0.108. The number of unbranched alkanes of at least 4 members (excludes halogenated alkanes) is 55. The standard InChI is InChI=1S/C83H162O17P2/c1-6-9-12-15-17-19-21-23-25-27-28-33-36-40-44-48-52-57-62-67-81(86)94-73-79(100-83(88)69-64-59-54-50-46-42-38-34-30-29-32-35-39-43-47-51-56-60-65-76(4)5)75-98-102(91,92)96-71-77(84)70-95-101(89,90)97-74-78(72-93-80(85)66-61-55-14-11-8-3)99-82(87)68-63-58-53-49-45-41-37-31-26-24-22-20-18-16-13-10-7-2/h76-79,84H,6-75H2,1-5H3,(H,89,90)(H,91,92)/t77-,78+,79+/m0/s1. The van der Waals surface area contributed by atoms with E-state index in [1.807, 2.05) is 0 Å². The third-order valence-corrected chi connectivity index (χ3v) is 21.4. The van der Waals surface area contributed by atoms with Crippen molar-refractivity contribution in [2.45, 2.75) is 464 Å². The highest BCUT2D eigenvalue weighted by Crippen LogP contribution is 2.45. The van der Waals surface area contributed by atoms with Crippen molar-refractivity contribution in [1.82, 2.24) is 0 Å². The van der Waals surface area contributed by atoms with Crippen LogP contribution in [0.3, 0.4) is 0 Å². The zero-order valence-electron chi connectivity index (χ0n) is 66.8. The Hall–Kier alpha value is -1.94. The number of aliphatic hydroxyl groups is 1. The van der Waals surface area contributed by atoms with Crippen LogP contribution in [0.15, 0.2) is 0 Å². The topological polar surface area (TPSA) is 237 Å². The largest absolute Gasteiger partial charge is 0.472 e. The maximum atomic E-state index is 13.1. The highest BCUT2D eigenvalue weighted by molar-refractivity contribution is 7.47. The molecule has 0 fully saturated rings. The van der Waals surface area contributed by atoms with Gasteiger partial charge in [0.2, 0.25) is 0 Å². The summed E-state index contributed by atoms with van der Waals surface area (Å²) in [6.45, 7) is 7.29. The Bertz CT molecular complexity index is 1940. The lowest BCUT2D eigenvalue weighted by Gasteiger charge is -2.21. The molecule has 2 unspecified atom stereocenters. The van der Waals surface area contributed by atoms with Gasteiger partial charge in [0.15, 0.2) is 12.2 Å². The lowest BCUT2D eigenvalue weighted by atomic mass is 10.0. The predicted octanol–water partition coefficient (Wildman–Crippen LogP) is 25.2. The number of carbonyl (C=O) groups is 4. The number of carbonyl (C=O) groups excluding carboxylic acids is 4. The fourth-order valence-corrected chi connectivity index (χ4v) is 14.5. The molecule has 0 aliphatic heterocycles. The lowest BCUT2D eigenvalue weighted by molar-refractivity contribution is -0.161. The summed E-state index contributed by atoms with van der Waals surface area (Å²) in [5.41, 5.74) is 0. The maximum Gasteiger partial charge on any atom is 0.472 e. The van der Waals surface area contributed by atoms with E-state index in [9.17, 15) is 43.2 Å². The Kier molecular flexibility index (Phi) is 74.4. The molecule has 0 heterocycles. The summed E-state index contributed by atoms with van der Waals surface area (Å²) in [5, 5.41) is 10.6. The lowest BCUT2D eigenvalue weighted by Crippen LogP contribution is -2.30. The van der Waals surface area contributed by atoms with E-state index in [0.717, 1.165) is 102 Å². The molecule has 0 spiro atoms. The molecule has 0 aliphatic rings. The smallest absolute Gasteiger partial charge is 0.462 e. The van der Waals surface area contributed by atoms with Gasteiger partial charge in [-0.3, -0.25) is 37.3 Å². The first kappa shape index (κ1) is 100. The van der Waals surface area contributed by atoms with Gasteiger partial charge < -0.3 is 33.8 Å². The van der Waals surface area contributed by atoms with Crippen LogP contribution in [-0.2, 0) is 65.4 Å². The van der Waals surface area contributed by atoms with Gasteiger partial charge in [-0.05, 0) is 31.6 Å². The van der Waals surface area contributed by atoms with Gasteiger partial charge in [-0.15, -0.1) is 0 Å². The van der Waals surface area contributed by atoms with Gasteiger partial charge in [0.25, 0.3) is 0 Å². The van der Waals surface area contributed by atoms with Gasteiger partial charge in [-0.2, -0.15) is 0 Å². The van der Waals surface area contributed by atoms with Crippen molar-refractivity contribution in [1.29, 1.82) is 0 Å². The Morgan fingerprint density at radius 2 is 0.451 bits per heavy atom. The number of rotatable bonds is 83. The molecule has 17 nitrogen and oxygen atoms in total. The summed E-state index contributed by atoms with van der Waals surface area (Å²) < 4.78 is 68.5. The minimum Gasteiger partial charge on any atom is -0.462 e. The van der Waals surface area contributed by atoms with Crippen LogP contribution in [0, 0.1) is 5.92 Å². The molecule has 102 heavy (non-hydrogen) atoms. The quantitative estimate of drug-likeness (QED) is 0.0222. The fourth-order valence-electron chi connectivity index (χ4n) is 12.9. The van der Waals surface area contributed by atoms with E-state index in [4.69, 9.17) is 37.0 Å². The second-order valence-corrected chi connectivity index (χ2v) is 33.3. The van der Waals surface area contributed by atoms with Gasteiger partial charge in [-0.1, -0.05) is 394 Å². The molecule has 5 atom stereocenters. The summed E-state index contributed by atoms with van der Waals surface area (Å²) in [6.07, 6.45) is 68.6. The van der Waals surface area contributed by atoms with Crippen LogP contribution in [0.5, 0.6) is 0 Å². The Morgan fingerprint density at radius 1 is 0.265 bits per heavy atom. The Balaban J connectivity index is 5.11. The zero-order valence-corrected chi connectivity index (χ0v) is 68.5. The van der Waals surface area contributed by atoms with Gasteiger partial charge >= 0.3 is 39.5 Å². The van der Waals surface area contributed by atoms with E-state index < -0.39 is 97.5 Å². The summed E-state index contributed by atoms with van der Waals surface area (Å²) in [7, 11) is -9.91. The number of ether oxygens (including phenoxy) is 4. The number of hydrogen-bond donors (Lipinski definition) is 3. The van der Waals surface area contributed by atoms with Gasteiger partial charge in [0, 0.05) is 25.7 Å². The van der Waals surface area contributed by atoms with Crippen LogP contribution in [0.2, 0.25) is 0 Å². The first-order valence-electron chi connectivity index (χ1n) is 43.1. The van der Waals surface area contributed by atoms with Crippen molar-refractivity contribution in [3.05, 3.63) is 0 Å². The Labute approximate surface area is 626 Å². The van der Waals surface area contributed by atoms with E-state index in [-0.39, 0.29) is 25.7 Å². The van der Waals surface area contributed by atoms with Crippen LogP contribution in [0.25, 0.3) is 0 Å². The highest BCUT2D eigenvalue weighted by Gasteiger charge is 2.30. The molecule has 0 saturated carbocycles. The zero-order chi connectivity index (χ0) is 74.8. The Morgan fingerprint density at radius 3 is 0.667 bits per heavy atom. The predicted molar refractivity (Wildman–Crippen MR) is 418 cm³/mol. The summed E-state index contributed by atoms with van der Waals surface area (Å²) in [6, 6.07) is 0. The fraction of sp³-hybridized carbons (Fsp3) is 0.952. The third-order valence-electron chi connectivity index (χ3n) is 19.5. The summed E-state index contributed by atoms with van der Waals surface area (Å²) in [4.78, 5) is 72.8.